The summed E-state index contributed by atoms with van der Waals surface area (Å²) in [5.74, 6) is 3.15. The van der Waals surface area contributed by atoms with E-state index >= 15 is 0 Å². The molecule has 3 aromatic heterocycles. The lowest BCUT2D eigenvalue weighted by Gasteiger charge is -2.26. The van der Waals surface area contributed by atoms with E-state index in [0.29, 0.717) is 6.54 Å². The summed E-state index contributed by atoms with van der Waals surface area (Å²) in [7, 11) is 1.45. The lowest BCUT2D eigenvalue weighted by Crippen LogP contribution is -2.35. The van der Waals surface area contributed by atoms with Crippen LogP contribution in [-0.4, -0.2) is 59.7 Å². The highest BCUT2D eigenvalue weighted by Gasteiger charge is 2.25. The van der Waals surface area contributed by atoms with E-state index in [-0.39, 0.29) is 11.9 Å². The number of carbonyl (C=O) groups excluding carboxylic acids is 1. The number of halogens is 1. The van der Waals surface area contributed by atoms with Crippen LogP contribution in [0.5, 0.6) is 0 Å². The van der Waals surface area contributed by atoms with Gasteiger partial charge in [0.2, 0.25) is 0 Å². The van der Waals surface area contributed by atoms with Crippen molar-refractivity contribution < 1.29 is 9.53 Å². The van der Waals surface area contributed by atoms with Gasteiger partial charge in [0.05, 0.1) is 35.8 Å². The topological polar surface area (TPSA) is 79.4 Å². The second-order valence-corrected chi connectivity index (χ2v) is 11.9. The van der Waals surface area contributed by atoms with Gasteiger partial charge in [-0.15, -0.1) is 11.3 Å². The monoisotopic (exact) mass is 641 g/mol. The highest BCUT2D eigenvalue weighted by Crippen LogP contribution is 2.41. The number of rotatable bonds is 3. The molecule has 1 fully saturated rings. The first-order valence-corrected chi connectivity index (χ1v) is 16.3. The van der Waals surface area contributed by atoms with Crippen molar-refractivity contribution in [3.8, 4) is 22.4 Å². The first kappa shape index (κ1) is 24.9. The Balaban J connectivity index is 1.42. The Morgan fingerprint density at radius 1 is 1.22 bits per heavy atom. The zero-order valence-corrected chi connectivity index (χ0v) is 23.9. The number of hydrogen-bond acceptors (Lipinski definition) is 8. The Kier molecular flexibility index (Phi) is 7.23. The number of pyridine rings is 2. The Morgan fingerprint density at radius 2 is 2.08 bits per heavy atom. The number of hydrogen-bond donors (Lipinski definition) is 2. The van der Waals surface area contributed by atoms with Crippen molar-refractivity contribution in [1.29, 1.82) is 0 Å². The van der Waals surface area contributed by atoms with Gasteiger partial charge in [0.1, 0.15) is 10.6 Å². The number of nitrogens with zero attached hydrogens (tertiary/aromatic N) is 3. The Labute approximate surface area is 235 Å². The van der Waals surface area contributed by atoms with Crippen molar-refractivity contribution in [2.75, 3.05) is 38.2 Å². The highest BCUT2D eigenvalue weighted by atomic mass is 127. The number of morpholine rings is 1. The SMILES string of the molecule is C[C@@H]1CNc2c(sc3ccc4nc(-c5cc(C#CSI)nc(CN6CCOCC6)c5)ccc4c23)C(=O)N1. The lowest BCUT2D eigenvalue weighted by atomic mass is 10.1. The second kappa shape index (κ2) is 10.7. The van der Waals surface area contributed by atoms with Crippen LogP contribution in [0.2, 0.25) is 0 Å². The molecule has 6 rings (SSSR count). The molecule has 0 radical (unpaired) electrons. The van der Waals surface area contributed by atoms with Gasteiger partial charge in [-0.2, -0.15) is 0 Å². The van der Waals surface area contributed by atoms with Gasteiger partial charge in [0, 0.05) is 74.5 Å². The minimum atomic E-state index is -0.0192. The normalized spacial score (nSPS) is 18.0. The van der Waals surface area contributed by atoms with E-state index in [1.807, 2.05) is 19.1 Å². The Hall–Kier alpha value is -2.43. The van der Waals surface area contributed by atoms with Gasteiger partial charge >= 0.3 is 0 Å². The standard InChI is InChI=1S/C27H24IN5O2S2/c1-16-14-29-25-24-20-2-3-21(32-22(20)4-5-23(24)37-26(25)27(34)30-16)17-12-18(6-11-36-28)31-19(13-17)15-33-7-9-35-10-8-33/h2-5,12-13,16,29H,7-10,14-15H2,1H3,(H,30,34)/t16-/m1/s1. The molecule has 0 saturated carbocycles. The number of nitrogens with one attached hydrogen (secondary N) is 2. The average Bonchev–Trinajstić information content (AvgIpc) is 3.23. The van der Waals surface area contributed by atoms with Gasteiger partial charge in [-0.25, -0.2) is 9.97 Å². The fraction of sp³-hybridized carbons (Fsp3) is 0.296. The summed E-state index contributed by atoms with van der Waals surface area (Å²) in [6, 6.07) is 12.5. The smallest absolute Gasteiger partial charge is 0.263 e. The molecular formula is C27H24IN5O2S2. The molecule has 2 aliphatic heterocycles. The van der Waals surface area contributed by atoms with Crippen LogP contribution >= 0.6 is 41.5 Å². The van der Waals surface area contributed by atoms with Gasteiger partial charge in [-0.05, 0) is 63.4 Å². The van der Waals surface area contributed by atoms with E-state index < -0.39 is 0 Å². The molecule has 0 unspecified atom stereocenters. The molecule has 2 aliphatic rings. The van der Waals surface area contributed by atoms with E-state index in [0.717, 1.165) is 87.0 Å². The molecule has 10 heteroatoms. The zero-order chi connectivity index (χ0) is 25.4. The molecule has 5 heterocycles. The van der Waals surface area contributed by atoms with E-state index in [1.165, 1.54) is 20.3 Å². The summed E-state index contributed by atoms with van der Waals surface area (Å²) in [5, 5.41) is 11.7. The van der Waals surface area contributed by atoms with Gasteiger partial charge in [0.15, 0.2) is 0 Å². The first-order valence-electron chi connectivity index (χ1n) is 12.1. The number of fused-ring (bicyclic) bond motifs is 5. The van der Waals surface area contributed by atoms with Crippen LogP contribution in [0.1, 0.15) is 28.0 Å². The van der Waals surface area contributed by atoms with Crippen molar-refractivity contribution in [1.82, 2.24) is 20.2 Å². The van der Waals surface area contributed by atoms with Crippen molar-refractivity contribution in [3.05, 3.63) is 52.7 Å². The number of ether oxygens (including phenoxy) is 1. The van der Waals surface area contributed by atoms with Crippen molar-refractivity contribution >= 4 is 74.1 Å². The highest BCUT2D eigenvalue weighted by molar-refractivity contribution is 14.2. The third-order valence-electron chi connectivity index (χ3n) is 6.57. The first-order chi connectivity index (χ1) is 18.1. The van der Waals surface area contributed by atoms with Crippen LogP contribution in [0.15, 0.2) is 36.4 Å². The number of anilines is 1. The maximum Gasteiger partial charge on any atom is 0.263 e. The number of carbonyl (C=O) groups is 1. The molecule has 0 bridgehead atoms. The van der Waals surface area contributed by atoms with E-state index in [9.17, 15) is 4.79 Å². The number of thiophene rings is 1. The van der Waals surface area contributed by atoms with Gasteiger partial charge in [-0.1, -0.05) is 0 Å². The summed E-state index contributed by atoms with van der Waals surface area (Å²) in [4.78, 5) is 25.7. The van der Waals surface area contributed by atoms with Crippen LogP contribution in [0, 0.1) is 11.2 Å². The lowest BCUT2D eigenvalue weighted by molar-refractivity contribution is 0.0336. The molecule has 2 N–H and O–H groups in total. The molecule has 1 aromatic carbocycles. The predicted octanol–water partition coefficient (Wildman–Crippen LogP) is 5.28. The van der Waals surface area contributed by atoms with Crippen molar-refractivity contribution in [3.63, 3.8) is 0 Å². The number of amides is 1. The molecule has 37 heavy (non-hydrogen) atoms. The van der Waals surface area contributed by atoms with Crippen LogP contribution < -0.4 is 10.6 Å². The molecule has 4 aromatic rings. The van der Waals surface area contributed by atoms with Crippen LogP contribution in [-0.2, 0) is 11.3 Å². The van der Waals surface area contributed by atoms with E-state index in [4.69, 9.17) is 14.7 Å². The minimum Gasteiger partial charge on any atom is -0.381 e. The Bertz CT molecular complexity index is 1570. The second-order valence-electron chi connectivity index (χ2n) is 9.19. The largest absolute Gasteiger partial charge is 0.381 e. The molecule has 0 spiro atoms. The van der Waals surface area contributed by atoms with Gasteiger partial charge in [-0.3, -0.25) is 9.69 Å². The maximum atomic E-state index is 12.8. The molecule has 188 valence electrons. The van der Waals surface area contributed by atoms with E-state index in [1.54, 1.807) is 0 Å². The third kappa shape index (κ3) is 5.15. The summed E-state index contributed by atoms with van der Waals surface area (Å²) >= 11 is 3.70. The molecule has 7 nitrogen and oxygen atoms in total. The van der Waals surface area contributed by atoms with E-state index in [2.05, 4.69) is 72.2 Å². The van der Waals surface area contributed by atoms with Gasteiger partial charge in [0.25, 0.3) is 5.91 Å². The van der Waals surface area contributed by atoms with Gasteiger partial charge < -0.3 is 15.4 Å². The Morgan fingerprint density at radius 3 is 2.92 bits per heavy atom. The molecule has 0 aliphatic carbocycles. The number of benzene rings is 1. The summed E-state index contributed by atoms with van der Waals surface area (Å²) in [6.07, 6.45) is 0. The molecule has 1 amide bonds. The van der Waals surface area contributed by atoms with Crippen LogP contribution in [0.25, 0.3) is 32.2 Å². The quantitative estimate of drug-likeness (QED) is 0.233. The maximum absolute atomic E-state index is 12.8. The summed E-state index contributed by atoms with van der Waals surface area (Å²) < 4.78 is 6.58. The third-order valence-corrected chi connectivity index (χ3v) is 8.57. The minimum absolute atomic E-state index is 0.0192. The average molecular weight is 642 g/mol. The van der Waals surface area contributed by atoms with Crippen LogP contribution in [0.4, 0.5) is 5.69 Å². The fourth-order valence-electron chi connectivity index (χ4n) is 4.83. The zero-order valence-electron chi connectivity index (χ0n) is 20.1. The fourth-order valence-corrected chi connectivity index (χ4v) is 6.40. The number of aromatic nitrogens is 2. The van der Waals surface area contributed by atoms with Crippen LogP contribution in [0.3, 0.4) is 0 Å². The van der Waals surface area contributed by atoms with Crippen molar-refractivity contribution in [2.24, 2.45) is 0 Å². The summed E-state index contributed by atoms with van der Waals surface area (Å²) in [5.41, 5.74) is 5.41. The molecular weight excluding hydrogens is 617 g/mol. The molecule has 1 saturated heterocycles. The predicted molar refractivity (Wildman–Crippen MR) is 160 cm³/mol. The summed E-state index contributed by atoms with van der Waals surface area (Å²) in [6.45, 7) is 6.75. The van der Waals surface area contributed by atoms with Crippen molar-refractivity contribution in [2.45, 2.75) is 19.5 Å². The molecule has 1 atom stereocenters.